The van der Waals surface area contributed by atoms with Gasteiger partial charge in [0.25, 0.3) is 0 Å². The van der Waals surface area contributed by atoms with Gasteiger partial charge in [0.05, 0.1) is 19.5 Å². The van der Waals surface area contributed by atoms with Crippen LogP contribution in [-0.2, 0) is 9.53 Å². The highest BCUT2D eigenvalue weighted by atomic mass is 16.5. The van der Waals surface area contributed by atoms with E-state index in [0.29, 0.717) is 12.0 Å². The molecular formula is C16H26N4O2. The SMILES string of the molecule is CC[C@@H]1CN(C(=O)[C@@H](C)n2ccnc2)C[C@H]1N1CCOCC1. The summed E-state index contributed by atoms with van der Waals surface area (Å²) in [4.78, 5) is 21.4. The van der Waals surface area contributed by atoms with Crippen LogP contribution in [-0.4, -0.2) is 70.7 Å². The Kier molecular flexibility index (Phi) is 4.78. The van der Waals surface area contributed by atoms with Crippen molar-refractivity contribution >= 4 is 5.91 Å². The van der Waals surface area contributed by atoms with Gasteiger partial charge >= 0.3 is 0 Å². The molecule has 3 heterocycles. The lowest BCUT2D eigenvalue weighted by Crippen LogP contribution is -2.47. The second kappa shape index (κ2) is 6.79. The quantitative estimate of drug-likeness (QED) is 0.833. The molecule has 3 atom stereocenters. The number of likely N-dealkylation sites (tertiary alicyclic amines) is 1. The summed E-state index contributed by atoms with van der Waals surface area (Å²) in [6, 6.07) is 0.302. The van der Waals surface area contributed by atoms with Crippen LogP contribution in [0.3, 0.4) is 0 Å². The molecule has 0 aliphatic carbocycles. The van der Waals surface area contributed by atoms with Crippen molar-refractivity contribution in [3.63, 3.8) is 0 Å². The van der Waals surface area contributed by atoms with Crippen molar-refractivity contribution in [3.8, 4) is 0 Å². The zero-order valence-corrected chi connectivity index (χ0v) is 13.5. The van der Waals surface area contributed by atoms with Crippen LogP contribution >= 0.6 is 0 Å². The fourth-order valence-corrected chi connectivity index (χ4v) is 3.65. The van der Waals surface area contributed by atoms with Crippen LogP contribution in [0, 0.1) is 5.92 Å². The molecule has 122 valence electrons. The topological polar surface area (TPSA) is 50.6 Å². The third kappa shape index (κ3) is 3.03. The molecule has 0 radical (unpaired) electrons. The minimum Gasteiger partial charge on any atom is -0.379 e. The molecule has 0 unspecified atom stereocenters. The first-order chi connectivity index (χ1) is 10.7. The molecule has 0 N–H and O–H groups in total. The molecule has 6 nitrogen and oxygen atoms in total. The smallest absolute Gasteiger partial charge is 0.245 e. The number of rotatable bonds is 4. The first-order valence-corrected chi connectivity index (χ1v) is 8.28. The lowest BCUT2D eigenvalue weighted by Gasteiger charge is -2.34. The molecular weight excluding hydrogens is 280 g/mol. The summed E-state index contributed by atoms with van der Waals surface area (Å²) in [5.74, 6) is 0.768. The summed E-state index contributed by atoms with van der Waals surface area (Å²) in [5.41, 5.74) is 0. The average molecular weight is 306 g/mol. The summed E-state index contributed by atoms with van der Waals surface area (Å²) in [6.45, 7) is 9.49. The van der Waals surface area contributed by atoms with E-state index in [9.17, 15) is 4.79 Å². The molecule has 1 aromatic rings. The van der Waals surface area contributed by atoms with Gasteiger partial charge in [0.1, 0.15) is 6.04 Å². The van der Waals surface area contributed by atoms with Gasteiger partial charge in [-0.3, -0.25) is 9.69 Å². The molecule has 2 saturated heterocycles. The maximum Gasteiger partial charge on any atom is 0.245 e. The van der Waals surface area contributed by atoms with Crippen LogP contribution in [0.25, 0.3) is 0 Å². The molecule has 0 saturated carbocycles. The van der Waals surface area contributed by atoms with Gasteiger partial charge in [0.2, 0.25) is 5.91 Å². The third-order valence-corrected chi connectivity index (χ3v) is 5.09. The number of imidazole rings is 1. The number of aromatic nitrogens is 2. The van der Waals surface area contributed by atoms with E-state index in [-0.39, 0.29) is 11.9 Å². The predicted molar refractivity (Wildman–Crippen MR) is 83.5 cm³/mol. The number of nitrogens with zero attached hydrogens (tertiary/aromatic N) is 4. The Labute approximate surface area is 132 Å². The van der Waals surface area contributed by atoms with Gasteiger partial charge in [-0.25, -0.2) is 4.98 Å². The number of amides is 1. The second-order valence-electron chi connectivity index (χ2n) is 6.31. The fourth-order valence-electron chi connectivity index (χ4n) is 3.65. The Morgan fingerprint density at radius 1 is 1.36 bits per heavy atom. The molecule has 1 aromatic heterocycles. The van der Waals surface area contributed by atoms with Crippen LogP contribution in [0.1, 0.15) is 26.3 Å². The number of morpholine rings is 1. The molecule has 6 heteroatoms. The maximum atomic E-state index is 12.8. The molecule has 3 rings (SSSR count). The minimum atomic E-state index is -0.177. The Morgan fingerprint density at radius 2 is 2.14 bits per heavy atom. The van der Waals surface area contributed by atoms with Gasteiger partial charge in [-0.05, 0) is 12.8 Å². The van der Waals surface area contributed by atoms with Crippen molar-refractivity contribution in [2.24, 2.45) is 5.92 Å². The third-order valence-electron chi connectivity index (χ3n) is 5.09. The minimum absolute atomic E-state index is 0.177. The Balaban J connectivity index is 1.66. The predicted octanol–water partition coefficient (Wildman–Crippen LogP) is 1.01. The van der Waals surface area contributed by atoms with Gasteiger partial charge in [0.15, 0.2) is 0 Å². The number of hydrogen-bond acceptors (Lipinski definition) is 4. The van der Waals surface area contributed by atoms with Crippen molar-refractivity contribution in [2.75, 3.05) is 39.4 Å². The van der Waals surface area contributed by atoms with Gasteiger partial charge in [0, 0.05) is 44.6 Å². The molecule has 2 fully saturated rings. The number of carbonyl (C=O) groups excluding carboxylic acids is 1. The largest absolute Gasteiger partial charge is 0.379 e. The standard InChI is InChI=1S/C16H26N4O2/c1-3-14-10-20(11-15(14)18-6-8-22-9-7-18)16(21)13(2)19-5-4-17-12-19/h4-5,12-15H,3,6-11H2,1-2H3/t13-,14-,15-/m1/s1. The van der Waals surface area contributed by atoms with Gasteiger partial charge in [-0.15, -0.1) is 0 Å². The van der Waals surface area contributed by atoms with Gasteiger partial charge < -0.3 is 14.2 Å². The summed E-state index contributed by atoms with van der Waals surface area (Å²) < 4.78 is 7.34. The lowest BCUT2D eigenvalue weighted by atomic mass is 9.99. The van der Waals surface area contributed by atoms with Crippen molar-refractivity contribution in [2.45, 2.75) is 32.4 Å². The maximum absolute atomic E-state index is 12.8. The van der Waals surface area contributed by atoms with Crippen LogP contribution in [0.2, 0.25) is 0 Å². The second-order valence-corrected chi connectivity index (χ2v) is 6.31. The molecule has 1 amide bonds. The van der Waals surface area contributed by atoms with E-state index < -0.39 is 0 Å². The molecule has 2 aliphatic rings. The van der Waals surface area contributed by atoms with Gasteiger partial charge in [-0.1, -0.05) is 13.3 Å². The Morgan fingerprint density at radius 3 is 2.77 bits per heavy atom. The van der Waals surface area contributed by atoms with Crippen molar-refractivity contribution < 1.29 is 9.53 Å². The molecule has 0 aromatic carbocycles. The number of hydrogen-bond donors (Lipinski definition) is 0. The summed E-state index contributed by atoms with van der Waals surface area (Å²) in [6.07, 6.45) is 6.41. The average Bonchev–Trinajstić information content (AvgIpc) is 3.23. The van der Waals surface area contributed by atoms with E-state index in [1.54, 1.807) is 12.5 Å². The van der Waals surface area contributed by atoms with Crippen molar-refractivity contribution in [3.05, 3.63) is 18.7 Å². The van der Waals surface area contributed by atoms with Crippen LogP contribution < -0.4 is 0 Å². The number of ether oxygens (including phenoxy) is 1. The highest BCUT2D eigenvalue weighted by Gasteiger charge is 2.39. The number of carbonyl (C=O) groups is 1. The summed E-state index contributed by atoms with van der Waals surface area (Å²) in [7, 11) is 0. The normalized spacial score (nSPS) is 28.0. The van der Waals surface area contributed by atoms with Crippen LogP contribution in [0.4, 0.5) is 0 Å². The highest BCUT2D eigenvalue weighted by Crippen LogP contribution is 2.27. The Hall–Kier alpha value is -1.40. The lowest BCUT2D eigenvalue weighted by molar-refractivity contribution is -0.133. The monoisotopic (exact) mass is 306 g/mol. The summed E-state index contributed by atoms with van der Waals surface area (Å²) in [5, 5.41) is 0. The van der Waals surface area contributed by atoms with E-state index in [4.69, 9.17) is 4.74 Å². The zero-order chi connectivity index (χ0) is 15.5. The van der Waals surface area contributed by atoms with Crippen LogP contribution in [0.15, 0.2) is 18.7 Å². The molecule has 22 heavy (non-hydrogen) atoms. The van der Waals surface area contributed by atoms with E-state index in [1.165, 1.54) is 0 Å². The fraction of sp³-hybridized carbons (Fsp3) is 0.750. The van der Waals surface area contributed by atoms with Crippen molar-refractivity contribution in [1.29, 1.82) is 0 Å². The molecule has 0 spiro atoms. The first kappa shape index (κ1) is 15.5. The van der Waals surface area contributed by atoms with Gasteiger partial charge in [-0.2, -0.15) is 0 Å². The Bertz CT molecular complexity index is 484. The summed E-state index contributed by atoms with van der Waals surface area (Å²) >= 11 is 0. The van der Waals surface area contributed by atoms with E-state index in [1.807, 2.05) is 22.6 Å². The van der Waals surface area contributed by atoms with E-state index in [2.05, 4.69) is 16.8 Å². The molecule has 0 bridgehead atoms. The van der Waals surface area contributed by atoms with E-state index in [0.717, 1.165) is 45.8 Å². The first-order valence-electron chi connectivity index (χ1n) is 8.28. The highest BCUT2D eigenvalue weighted by molar-refractivity contribution is 5.80. The van der Waals surface area contributed by atoms with Crippen molar-refractivity contribution in [1.82, 2.24) is 19.4 Å². The van der Waals surface area contributed by atoms with E-state index >= 15 is 0 Å². The zero-order valence-electron chi connectivity index (χ0n) is 13.5. The molecule has 2 aliphatic heterocycles. The van der Waals surface area contributed by atoms with Crippen LogP contribution in [0.5, 0.6) is 0 Å².